The van der Waals surface area contributed by atoms with Gasteiger partial charge >= 0.3 is 0 Å². The van der Waals surface area contributed by atoms with Gasteiger partial charge in [0.1, 0.15) is 18.0 Å². The average Bonchev–Trinajstić information content (AvgIpc) is 3.02. The van der Waals surface area contributed by atoms with Crippen LogP contribution in [0.1, 0.15) is 23.0 Å². The molecule has 0 radical (unpaired) electrons. The van der Waals surface area contributed by atoms with Gasteiger partial charge in [-0.3, -0.25) is 4.79 Å². The molecule has 2 aromatic heterocycles. The van der Waals surface area contributed by atoms with Gasteiger partial charge in [-0.05, 0) is 37.3 Å². The van der Waals surface area contributed by atoms with E-state index in [-0.39, 0.29) is 5.91 Å². The molecule has 3 aromatic rings. The molecule has 0 atom stereocenters. The van der Waals surface area contributed by atoms with Crippen LogP contribution in [0.2, 0.25) is 0 Å². The van der Waals surface area contributed by atoms with Crippen LogP contribution in [-0.2, 0) is 6.61 Å². The fourth-order valence-electron chi connectivity index (χ4n) is 2.30. The van der Waals surface area contributed by atoms with Crippen molar-refractivity contribution in [2.45, 2.75) is 13.5 Å². The van der Waals surface area contributed by atoms with Gasteiger partial charge in [0.25, 0.3) is 5.91 Å². The topological polar surface area (TPSA) is 46.8 Å². The summed E-state index contributed by atoms with van der Waals surface area (Å²) < 4.78 is 7.73. The third kappa shape index (κ3) is 3.34. The summed E-state index contributed by atoms with van der Waals surface area (Å²) in [7, 11) is 1.78. The van der Waals surface area contributed by atoms with E-state index in [4.69, 9.17) is 4.74 Å². The number of pyridine rings is 1. The second-order valence-corrected chi connectivity index (χ2v) is 5.33. The second kappa shape index (κ2) is 6.52. The first-order chi connectivity index (χ1) is 11.2. The number of hydrogen-bond acceptors (Lipinski definition) is 3. The van der Waals surface area contributed by atoms with Crippen molar-refractivity contribution in [3.05, 3.63) is 66.1 Å². The van der Waals surface area contributed by atoms with Gasteiger partial charge < -0.3 is 14.0 Å². The van der Waals surface area contributed by atoms with Crippen molar-refractivity contribution >= 4 is 11.6 Å². The number of imidazole rings is 1. The fraction of sp³-hybridized carbons (Fsp3) is 0.222. The van der Waals surface area contributed by atoms with Crippen LogP contribution in [0, 0.1) is 0 Å². The van der Waals surface area contributed by atoms with Crippen molar-refractivity contribution < 1.29 is 9.53 Å². The van der Waals surface area contributed by atoms with Crippen LogP contribution >= 0.6 is 0 Å². The lowest BCUT2D eigenvalue weighted by molar-refractivity contribution is 0.0802. The zero-order valence-corrected chi connectivity index (χ0v) is 13.3. The molecule has 118 valence electrons. The molecule has 0 aliphatic carbocycles. The number of amides is 1. The summed E-state index contributed by atoms with van der Waals surface area (Å²) in [5, 5.41) is 0. The predicted molar refractivity (Wildman–Crippen MR) is 88.6 cm³/mol. The quantitative estimate of drug-likeness (QED) is 0.728. The SMILES string of the molecule is CCN(C)C(=O)c1cccc(OCc2cn3ccccc3n2)c1. The maximum atomic E-state index is 12.2. The number of benzene rings is 1. The normalized spacial score (nSPS) is 10.7. The molecule has 0 bridgehead atoms. The lowest BCUT2D eigenvalue weighted by atomic mass is 10.2. The van der Waals surface area contributed by atoms with Gasteiger partial charge in [-0.2, -0.15) is 0 Å². The molecule has 2 heterocycles. The van der Waals surface area contributed by atoms with Gasteiger partial charge in [-0.15, -0.1) is 0 Å². The van der Waals surface area contributed by atoms with Crippen molar-refractivity contribution in [3.8, 4) is 5.75 Å². The van der Waals surface area contributed by atoms with Crippen LogP contribution in [0.4, 0.5) is 0 Å². The molecule has 0 aliphatic rings. The van der Waals surface area contributed by atoms with E-state index < -0.39 is 0 Å². The number of fused-ring (bicyclic) bond motifs is 1. The predicted octanol–water partition coefficient (Wildman–Crippen LogP) is 3.01. The summed E-state index contributed by atoms with van der Waals surface area (Å²) in [4.78, 5) is 18.3. The van der Waals surface area contributed by atoms with E-state index in [0.717, 1.165) is 11.3 Å². The first-order valence-corrected chi connectivity index (χ1v) is 7.58. The van der Waals surface area contributed by atoms with E-state index in [1.165, 1.54) is 0 Å². The summed E-state index contributed by atoms with van der Waals surface area (Å²) in [6, 6.07) is 13.1. The van der Waals surface area contributed by atoms with E-state index in [2.05, 4.69) is 4.98 Å². The highest BCUT2D eigenvalue weighted by atomic mass is 16.5. The Morgan fingerprint density at radius 1 is 1.26 bits per heavy atom. The summed E-state index contributed by atoms with van der Waals surface area (Å²) >= 11 is 0. The summed E-state index contributed by atoms with van der Waals surface area (Å²) in [6.07, 6.45) is 3.89. The van der Waals surface area contributed by atoms with E-state index in [0.29, 0.717) is 24.5 Å². The Labute approximate surface area is 135 Å². The minimum absolute atomic E-state index is 0.00863. The Kier molecular flexibility index (Phi) is 4.28. The molecule has 0 spiro atoms. The summed E-state index contributed by atoms with van der Waals surface area (Å²) in [5.74, 6) is 0.656. The minimum Gasteiger partial charge on any atom is -0.487 e. The number of aromatic nitrogens is 2. The third-order valence-electron chi connectivity index (χ3n) is 3.70. The Balaban J connectivity index is 1.71. The van der Waals surface area contributed by atoms with Crippen molar-refractivity contribution in [3.63, 3.8) is 0 Å². The Morgan fingerprint density at radius 3 is 2.91 bits per heavy atom. The van der Waals surface area contributed by atoms with E-state index in [1.54, 1.807) is 24.1 Å². The lowest BCUT2D eigenvalue weighted by Gasteiger charge is -2.15. The molecule has 5 heteroatoms. The fourth-order valence-corrected chi connectivity index (χ4v) is 2.30. The van der Waals surface area contributed by atoms with Crippen molar-refractivity contribution in [2.75, 3.05) is 13.6 Å². The molecular weight excluding hydrogens is 290 g/mol. The van der Waals surface area contributed by atoms with Crippen LogP contribution in [0.15, 0.2) is 54.9 Å². The second-order valence-electron chi connectivity index (χ2n) is 5.33. The van der Waals surface area contributed by atoms with Crippen molar-refractivity contribution in [2.24, 2.45) is 0 Å². The van der Waals surface area contributed by atoms with E-state index >= 15 is 0 Å². The molecule has 1 amide bonds. The molecule has 5 nitrogen and oxygen atoms in total. The average molecular weight is 309 g/mol. The number of nitrogens with zero attached hydrogens (tertiary/aromatic N) is 3. The first-order valence-electron chi connectivity index (χ1n) is 7.58. The number of carbonyl (C=O) groups excluding carboxylic acids is 1. The molecule has 0 saturated carbocycles. The van der Waals surface area contributed by atoms with Gasteiger partial charge in [-0.25, -0.2) is 4.98 Å². The maximum Gasteiger partial charge on any atom is 0.253 e. The van der Waals surface area contributed by atoms with Crippen LogP contribution in [0.25, 0.3) is 5.65 Å². The van der Waals surface area contributed by atoms with Gasteiger partial charge in [0.05, 0.1) is 5.69 Å². The molecule has 23 heavy (non-hydrogen) atoms. The summed E-state index contributed by atoms with van der Waals surface area (Å²) in [6.45, 7) is 2.98. The molecule has 1 aromatic carbocycles. The van der Waals surface area contributed by atoms with Crippen LogP contribution in [0.5, 0.6) is 5.75 Å². The number of ether oxygens (including phenoxy) is 1. The first kappa shape index (κ1) is 15.1. The molecule has 3 rings (SSSR count). The number of carbonyl (C=O) groups is 1. The zero-order valence-electron chi connectivity index (χ0n) is 13.3. The monoisotopic (exact) mass is 309 g/mol. The summed E-state index contributed by atoms with van der Waals surface area (Å²) in [5.41, 5.74) is 2.36. The van der Waals surface area contributed by atoms with E-state index in [1.807, 2.05) is 54.0 Å². The van der Waals surface area contributed by atoms with Crippen molar-refractivity contribution in [1.82, 2.24) is 14.3 Å². The lowest BCUT2D eigenvalue weighted by Crippen LogP contribution is -2.26. The standard InChI is InChI=1S/C18H19N3O2/c1-3-20(2)18(22)14-7-6-8-16(11-14)23-13-15-12-21-10-5-4-9-17(21)19-15/h4-12H,3,13H2,1-2H3. The van der Waals surface area contributed by atoms with E-state index in [9.17, 15) is 4.79 Å². The maximum absolute atomic E-state index is 12.2. The zero-order chi connectivity index (χ0) is 16.2. The molecule has 0 fully saturated rings. The Morgan fingerprint density at radius 2 is 2.13 bits per heavy atom. The smallest absolute Gasteiger partial charge is 0.253 e. The van der Waals surface area contributed by atoms with Crippen LogP contribution < -0.4 is 4.74 Å². The minimum atomic E-state index is -0.00863. The number of hydrogen-bond donors (Lipinski definition) is 0. The van der Waals surface area contributed by atoms with Crippen molar-refractivity contribution in [1.29, 1.82) is 0 Å². The molecule has 0 unspecified atom stereocenters. The largest absolute Gasteiger partial charge is 0.487 e. The third-order valence-corrected chi connectivity index (χ3v) is 3.70. The highest BCUT2D eigenvalue weighted by molar-refractivity contribution is 5.94. The number of rotatable bonds is 5. The highest BCUT2D eigenvalue weighted by Gasteiger charge is 2.11. The Bertz CT molecular complexity index is 793. The van der Waals surface area contributed by atoms with Gasteiger partial charge in [0.2, 0.25) is 0 Å². The molecular formula is C18H19N3O2. The molecule has 0 saturated heterocycles. The Hall–Kier alpha value is -2.82. The van der Waals surface area contributed by atoms with Gasteiger partial charge in [0, 0.05) is 31.5 Å². The van der Waals surface area contributed by atoms with Gasteiger partial charge in [0.15, 0.2) is 0 Å². The van der Waals surface area contributed by atoms with Gasteiger partial charge in [-0.1, -0.05) is 12.1 Å². The van der Waals surface area contributed by atoms with Crippen LogP contribution in [-0.4, -0.2) is 33.8 Å². The van der Waals surface area contributed by atoms with Crippen LogP contribution in [0.3, 0.4) is 0 Å². The molecule has 0 N–H and O–H groups in total. The highest BCUT2D eigenvalue weighted by Crippen LogP contribution is 2.16. The molecule has 0 aliphatic heterocycles.